The van der Waals surface area contributed by atoms with E-state index in [-0.39, 0.29) is 0 Å². The first-order chi connectivity index (χ1) is 9.22. The second kappa shape index (κ2) is 5.53. The van der Waals surface area contributed by atoms with Gasteiger partial charge >= 0.3 is 0 Å². The molecule has 1 fully saturated rings. The van der Waals surface area contributed by atoms with Crippen molar-refractivity contribution in [1.29, 1.82) is 0 Å². The highest BCUT2D eigenvalue weighted by Gasteiger charge is 2.20. The van der Waals surface area contributed by atoms with E-state index >= 15 is 0 Å². The molecule has 1 aliphatic carbocycles. The van der Waals surface area contributed by atoms with Crippen molar-refractivity contribution < 1.29 is 0 Å². The summed E-state index contributed by atoms with van der Waals surface area (Å²) in [4.78, 5) is 0. The molecule has 0 amide bonds. The Labute approximate surface area is 122 Å². The molecule has 0 atom stereocenters. The van der Waals surface area contributed by atoms with Crippen molar-refractivity contribution in [2.75, 3.05) is 0 Å². The van der Waals surface area contributed by atoms with Crippen molar-refractivity contribution in [3.05, 3.63) is 51.8 Å². The minimum absolute atomic E-state index is 0.585. The van der Waals surface area contributed by atoms with Crippen LogP contribution < -0.4 is 5.32 Å². The average Bonchev–Trinajstić information content (AvgIpc) is 3.13. The van der Waals surface area contributed by atoms with Crippen LogP contribution in [0.1, 0.15) is 24.1 Å². The molecule has 1 heterocycles. The molecule has 0 spiro atoms. The molecule has 1 aromatic heterocycles. The molecule has 2 aromatic rings. The van der Waals surface area contributed by atoms with E-state index < -0.39 is 0 Å². The lowest BCUT2D eigenvalue weighted by Crippen LogP contribution is -2.16. The van der Waals surface area contributed by atoms with E-state index in [4.69, 9.17) is 23.2 Å². The SMILES string of the molecule is Clc1cccc(Cn2ccc(CNC3CC3)n2)c1Cl. The molecule has 3 rings (SSSR count). The summed E-state index contributed by atoms with van der Waals surface area (Å²) in [6.45, 7) is 1.48. The number of benzene rings is 1. The number of aromatic nitrogens is 2. The van der Waals surface area contributed by atoms with Crippen molar-refractivity contribution in [3.63, 3.8) is 0 Å². The van der Waals surface area contributed by atoms with Crippen LogP contribution in [0.5, 0.6) is 0 Å². The van der Waals surface area contributed by atoms with Gasteiger partial charge in [0.2, 0.25) is 0 Å². The first kappa shape index (κ1) is 13.0. The van der Waals surface area contributed by atoms with Crippen LogP contribution in [0.3, 0.4) is 0 Å². The van der Waals surface area contributed by atoms with Crippen molar-refractivity contribution in [1.82, 2.24) is 15.1 Å². The zero-order chi connectivity index (χ0) is 13.2. The minimum atomic E-state index is 0.585. The summed E-state index contributed by atoms with van der Waals surface area (Å²) in [5.41, 5.74) is 2.05. The van der Waals surface area contributed by atoms with Gasteiger partial charge in [-0.1, -0.05) is 35.3 Å². The maximum Gasteiger partial charge on any atom is 0.0762 e. The van der Waals surface area contributed by atoms with Crippen LogP contribution in [0.2, 0.25) is 10.0 Å². The fourth-order valence-corrected chi connectivity index (χ4v) is 2.35. The molecule has 1 aromatic carbocycles. The fraction of sp³-hybridized carbons (Fsp3) is 0.357. The summed E-state index contributed by atoms with van der Waals surface area (Å²) in [5.74, 6) is 0. The van der Waals surface area contributed by atoms with Crippen LogP contribution >= 0.6 is 23.2 Å². The van der Waals surface area contributed by atoms with Crippen molar-refractivity contribution in [3.8, 4) is 0 Å². The van der Waals surface area contributed by atoms with Crippen LogP contribution in [0.25, 0.3) is 0 Å². The smallest absolute Gasteiger partial charge is 0.0762 e. The molecule has 3 nitrogen and oxygen atoms in total. The molecular weight excluding hydrogens is 281 g/mol. The third-order valence-electron chi connectivity index (χ3n) is 3.21. The Kier molecular flexibility index (Phi) is 3.78. The fourth-order valence-electron chi connectivity index (χ4n) is 1.97. The Morgan fingerprint density at radius 2 is 2.11 bits per heavy atom. The van der Waals surface area contributed by atoms with E-state index in [1.165, 1.54) is 12.8 Å². The van der Waals surface area contributed by atoms with Crippen molar-refractivity contribution in [2.24, 2.45) is 0 Å². The van der Waals surface area contributed by atoms with E-state index in [1.54, 1.807) is 6.07 Å². The standard InChI is InChI=1S/C14H15Cl2N3/c15-13-3-1-2-10(14(13)16)9-19-7-6-12(18-19)8-17-11-4-5-11/h1-3,6-7,11,17H,4-5,8-9H2. The molecule has 0 unspecified atom stereocenters. The first-order valence-corrected chi connectivity index (χ1v) is 7.16. The zero-order valence-electron chi connectivity index (χ0n) is 10.4. The number of nitrogens with one attached hydrogen (secondary N) is 1. The number of nitrogens with zero attached hydrogens (tertiary/aromatic N) is 2. The molecule has 0 aliphatic heterocycles. The van der Waals surface area contributed by atoms with Gasteiger partial charge in [-0.15, -0.1) is 0 Å². The van der Waals surface area contributed by atoms with Gasteiger partial charge in [-0.05, 0) is 30.5 Å². The summed E-state index contributed by atoms with van der Waals surface area (Å²) >= 11 is 12.2. The summed E-state index contributed by atoms with van der Waals surface area (Å²) in [6.07, 6.45) is 4.55. The highest BCUT2D eigenvalue weighted by Crippen LogP contribution is 2.26. The lowest BCUT2D eigenvalue weighted by Gasteiger charge is -2.06. The third kappa shape index (κ3) is 3.30. The molecule has 0 saturated heterocycles. The van der Waals surface area contributed by atoms with E-state index in [0.717, 1.165) is 17.8 Å². The van der Waals surface area contributed by atoms with Gasteiger partial charge in [0.05, 0.1) is 22.3 Å². The average molecular weight is 296 g/mol. The second-order valence-electron chi connectivity index (χ2n) is 4.87. The summed E-state index contributed by atoms with van der Waals surface area (Å²) in [6, 6.07) is 8.41. The lowest BCUT2D eigenvalue weighted by atomic mass is 10.2. The zero-order valence-corrected chi connectivity index (χ0v) is 12.0. The van der Waals surface area contributed by atoms with Crippen LogP contribution in [-0.4, -0.2) is 15.8 Å². The van der Waals surface area contributed by atoms with Crippen molar-refractivity contribution in [2.45, 2.75) is 32.0 Å². The molecule has 1 saturated carbocycles. The Balaban J connectivity index is 1.67. The predicted octanol–water partition coefficient (Wildman–Crippen LogP) is 3.49. The highest BCUT2D eigenvalue weighted by atomic mass is 35.5. The van der Waals surface area contributed by atoms with Gasteiger partial charge in [-0.3, -0.25) is 4.68 Å². The van der Waals surface area contributed by atoms with Gasteiger partial charge in [0.25, 0.3) is 0 Å². The number of halogens is 2. The Hall–Kier alpha value is -1.03. The van der Waals surface area contributed by atoms with Gasteiger partial charge in [-0.2, -0.15) is 5.10 Å². The van der Waals surface area contributed by atoms with Crippen LogP contribution in [0.4, 0.5) is 0 Å². The van der Waals surface area contributed by atoms with Crippen LogP contribution in [0.15, 0.2) is 30.5 Å². The van der Waals surface area contributed by atoms with Gasteiger partial charge in [0, 0.05) is 18.8 Å². The topological polar surface area (TPSA) is 29.9 Å². The third-order valence-corrected chi connectivity index (χ3v) is 4.07. The van der Waals surface area contributed by atoms with Crippen LogP contribution in [0, 0.1) is 0 Å². The lowest BCUT2D eigenvalue weighted by molar-refractivity contribution is 0.631. The van der Waals surface area contributed by atoms with Crippen molar-refractivity contribution >= 4 is 23.2 Å². The summed E-state index contributed by atoms with van der Waals surface area (Å²) in [7, 11) is 0. The molecule has 100 valence electrons. The highest BCUT2D eigenvalue weighted by molar-refractivity contribution is 6.42. The normalized spacial score (nSPS) is 14.8. The Morgan fingerprint density at radius 1 is 1.26 bits per heavy atom. The van der Waals surface area contributed by atoms with Gasteiger partial charge in [0.1, 0.15) is 0 Å². The van der Waals surface area contributed by atoms with Gasteiger partial charge in [-0.25, -0.2) is 0 Å². The molecule has 5 heteroatoms. The maximum absolute atomic E-state index is 6.18. The largest absolute Gasteiger partial charge is 0.308 e. The van der Waals surface area contributed by atoms with E-state index in [9.17, 15) is 0 Å². The van der Waals surface area contributed by atoms with Crippen LogP contribution in [-0.2, 0) is 13.1 Å². The Morgan fingerprint density at radius 3 is 2.89 bits per heavy atom. The number of hydrogen-bond acceptors (Lipinski definition) is 2. The summed E-state index contributed by atoms with van der Waals surface area (Å²) < 4.78 is 1.89. The minimum Gasteiger partial charge on any atom is -0.308 e. The van der Waals surface area contributed by atoms with E-state index in [1.807, 2.05) is 29.1 Å². The van der Waals surface area contributed by atoms with E-state index in [0.29, 0.717) is 22.6 Å². The molecule has 0 radical (unpaired) electrons. The second-order valence-corrected chi connectivity index (χ2v) is 5.66. The number of hydrogen-bond donors (Lipinski definition) is 1. The maximum atomic E-state index is 6.18. The summed E-state index contributed by atoms with van der Waals surface area (Å²) in [5, 5.41) is 9.17. The molecule has 0 bridgehead atoms. The van der Waals surface area contributed by atoms with Gasteiger partial charge in [0.15, 0.2) is 0 Å². The Bertz CT molecular complexity index is 576. The number of rotatable bonds is 5. The first-order valence-electron chi connectivity index (χ1n) is 6.41. The predicted molar refractivity (Wildman–Crippen MR) is 77.7 cm³/mol. The molecular formula is C14H15Cl2N3. The molecule has 1 N–H and O–H groups in total. The molecule has 1 aliphatic rings. The molecule has 19 heavy (non-hydrogen) atoms. The quantitative estimate of drug-likeness (QED) is 0.915. The monoisotopic (exact) mass is 295 g/mol. The van der Waals surface area contributed by atoms with E-state index in [2.05, 4.69) is 10.4 Å². The van der Waals surface area contributed by atoms with Gasteiger partial charge < -0.3 is 5.32 Å².